The van der Waals surface area contributed by atoms with E-state index in [0.717, 1.165) is 167 Å². The lowest BCUT2D eigenvalue weighted by atomic mass is 10.0. The number of carbonyl (C=O) groups is 3. The van der Waals surface area contributed by atoms with Gasteiger partial charge in [0, 0.05) is 19.3 Å². The summed E-state index contributed by atoms with van der Waals surface area (Å²) >= 11 is 0. The second-order valence-electron chi connectivity index (χ2n) is 28.2. The van der Waals surface area contributed by atoms with Crippen molar-refractivity contribution < 1.29 is 75.8 Å². The maximum absolute atomic E-state index is 13.0. The smallest absolute Gasteiger partial charge is 0.463 e. The van der Waals surface area contributed by atoms with Gasteiger partial charge in [0.05, 0.1) is 26.4 Å². The van der Waals surface area contributed by atoms with Gasteiger partial charge in [-0.05, 0) is 154 Å². The molecule has 0 aromatic rings. The highest BCUT2D eigenvalue weighted by atomic mass is 31.2. The highest BCUT2D eigenvalue weighted by Crippen LogP contribution is 2.45. The molecule has 0 saturated carbocycles. The summed E-state index contributed by atoms with van der Waals surface area (Å²) in [6.07, 6.45) is 104. The Bertz CT molecular complexity index is 2610. The van der Waals surface area contributed by atoms with Crippen LogP contribution in [0.1, 0.15) is 342 Å². The van der Waals surface area contributed by atoms with Gasteiger partial charge in [0.15, 0.2) is 6.10 Å². The summed E-state index contributed by atoms with van der Waals surface area (Å²) in [5.41, 5.74) is 0. The zero-order valence-electron chi connectivity index (χ0n) is 68.4. The van der Waals surface area contributed by atoms with E-state index >= 15 is 0 Å². The molecule has 0 radical (unpaired) electrons. The fraction of sp³-hybridized carbons (Fsp3) is 0.681. The Balaban J connectivity index is 4.68. The largest absolute Gasteiger partial charge is 0.472 e. The number of esters is 3. The van der Waals surface area contributed by atoms with E-state index in [2.05, 4.69) is 179 Å². The highest BCUT2D eigenvalue weighted by molar-refractivity contribution is 7.47. The third kappa shape index (κ3) is 83.9. The van der Waals surface area contributed by atoms with Crippen LogP contribution in [0, 0.1) is 0 Å². The molecule has 16 nitrogen and oxygen atoms in total. The monoisotopic (exact) mass is 1570 g/mol. The van der Waals surface area contributed by atoms with Crippen LogP contribution in [0.25, 0.3) is 0 Å². The number of phosphoric acid groups is 2. The van der Waals surface area contributed by atoms with Crippen LogP contribution in [0.3, 0.4) is 0 Å². The van der Waals surface area contributed by atoms with Gasteiger partial charge in [0.1, 0.15) is 25.4 Å². The summed E-state index contributed by atoms with van der Waals surface area (Å²) in [6.45, 7) is 2.50. The molecular weight excluding hydrogens is 1410 g/mol. The number of carbonyl (C=O) groups excluding carboxylic acids is 3. The maximum atomic E-state index is 13.0. The molecule has 0 saturated heterocycles. The second kappa shape index (κ2) is 82.6. The molecule has 0 fully saturated rings. The molecule has 0 amide bonds. The molecule has 18 heteroatoms. The van der Waals surface area contributed by atoms with Crippen LogP contribution in [0.4, 0.5) is 0 Å². The first-order valence-electron chi connectivity index (χ1n) is 42.8. The molecule has 109 heavy (non-hydrogen) atoms. The zero-order chi connectivity index (χ0) is 79.4. The van der Waals surface area contributed by atoms with E-state index in [1.54, 1.807) is 0 Å². The van der Waals surface area contributed by atoms with Crippen LogP contribution in [0.2, 0.25) is 0 Å². The number of rotatable bonds is 80. The third-order valence-electron chi connectivity index (χ3n) is 17.7. The number of aliphatic hydroxyl groups is 2. The molecule has 0 aliphatic rings. The molecule has 5 unspecified atom stereocenters. The molecule has 4 N–H and O–H groups in total. The zero-order valence-corrected chi connectivity index (χ0v) is 70.2. The second-order valence-corrected chi connectivity index (χ2v) is 31.2. The van der Waals surface area contributed by atoms with E-state index in [9.17, 15) is 43.5 Å². The van der Waals surface area contributed by atoms with Gasteiger partial charge >= 0.3 is 33.6 Å². The molecule has 0 rings (SSSR count). The number of aliphatic hydroxyl groups excluding tert-OH is 2. The van der Waals surface area contributed by atoms with Crippen molar-refractivity contribution in [3.63, 3.8) is 0 Å². The Hall–Kier alpha value is -4.83. The Kier molecular flexibility index (Phi) is 79.0. The first-order valence-corrected chi connectivity index (χ1v) is 45.8. The minimum atomic E-state index is -4.95. The SMILES string of the molecule is CC/C=C\C/C=C\C/C=C\C/C=C\C/C=C\CCCCCCCCCCCCCC(=O)OCC(O)COP(=O)(O)OCC(O)COP(=O)(O)OCC(COC(=O)CCCCCCCCCCC/C=C\C/C=C\C/C=C\C/C=C\CCCCC)OC(=O)CCCCCCC/C=C\C/C=C\C/C=C\C/C=C\CCCCC. The van der Waals surface area contributed by atoms with Crippen LogP contribution in [-0.4, -0.2) is 95.9 Å². The highest BCUT2D eigenvalue weighted by Gasteiger charge is 2.29. The lowest BCUT2D eigenvalue weighted by Gasteiger charge is -2.21. The van der Waals surface area contributed by atoms with Crippen LogP contribution in [0.15, 0.2) is 158 Å². The van der Waals surface area contributed by atoms with Crippen molar-refractivity contribution in [2.75, 3.05) is 39.6 Å². The molecule has 0 aliphatic heterocycles. The summed E-state index contributed by atoms with van der Waals surface area (Å²) in [6, 6.07) is 0. The van der Waals surface area contributed by atoms with Crippen molar-refractivity contribution in [2.24, 2.45) is 0 Å². The van der Waals surface area contributed by atoms with Crippen LogP contribution in [0.5, 0.6) is 0 Å². The van der Waals surface area contributed by atoms with E-state index < -0.39 is 91.5 Å². The van der Waals surface area contributed by atoms with Gasteiger partial charge < -0.3 is 34.2 Å². The van der Waals surface area contributed by atoms with Crippen molar-refractivity contribution in [3.8, 4) is 0 Å². The van der Waals surface area contributed by atoms with Crippen LogP contribution in [-0.2, 0) is 55.8 Å². The van der Waals surface area contributed by atoms with Crippen LogP contribution < -0.4 is 0 Å². The number of hydrogen-bond donors (Lipinski definition) is 4. The molecule has 0 spiro atoms. The van der Waals surface area contributed by atoms with Crippen molar-refractivity contribution >= 4 is 33.6 Å². The average Bonchev–Trinajstić information content (AvgIpc) is 0.902. The predicted octanol–water partition coefficient (Wildman–Crippen LogP) is 25.8. The van der Waals surface area contributed by atoms with Crippen molar-refractivity contribution in [2.45, 2.75) is 360 Å². The molecule has 0 aromatic carbocycles. The van der Waals surface area contributed by atoms with Crippen molar-refractivity contribution in [1.82, 2.24) is 0 Å². The molecule has 0 aromatic heterocycles. The van der Waals surface area contributed by atoms with Gasteiger partial charge in [-0.3, -0.25) is 32.5 Å². The minimum Gasteiger partial charge on any atom is -0.463 e. The first kappa shape index (κ1) is 104. The summed E-state index contributed by atoms with van der Waals surface area (Å²) in [5.74, 6) is -1.60. The Morgan fingerprint density at radius 1 is 0.266 bits per heavy atom. The number of unbranched alkanes of at least 4 members (excludes halogenated alkanes) is 31. The molecule has 5 atom stereocenters. The van der Waals surface area contributed by atoms with Gasteiger partial charge in [-0.2, -0.15) is 0 Å². The number of phosphoric ester groups is 2. The Labute approximate surface area is 663 Å². The quantitative estimate of drug-likeness (QED) is 0.0146. The maximum Gasteiger partial charge on any atom is 0.472 e. The number of allylic oxidation sites excluding steroid dienone is 26. The Morgan fingerprint density at radius 3 is 0.771 bits per heavy atom. The predicted molar refractivity (Wildman–Crippen MR) is 454 cm³/mol. The van der Waals surface area contributed by atoms with E-state index in [-0.39, 0.29) is 19.3 Å². The van der Waals surface area contributed by atoms with E-state index in [1.165, 1.54) is 116 Å². The molecule has 0 aliphatic carbocycles. The summed E-state index contributed by atoms with van der Waals surface area (Å²) in [4.78, 5) is 58.9. The van der Waals surface area contributed by atoms with E-state index in [4.69, 9.17) is 32.3 Å². The topological polar surface area (TPSA) is 231 Å². The fourth-order valence-electron chi connectivity index (χ4n) is 11.2. The van der Waals surface area contributed by atoms with Gasteiger partial charge in [-0.25, -0.2) is 9.13 Å². The van der Waals surface area contributed by atoms with Crippen molar-refractivity contribution in [3.05, 3.63) is 158 Å². The average molecular weight is 1570 g/mol. The Morgan fingerprint density at radius 2 is 0.486 bits per heavy atom. The van der Waals surface area contributed by atoms with Gasteiger partial charge in [0.2, 0.25) is 0 Å². The fourth-order valence-corrected chi connectivity index (χ4v) is 12.8. The first-order chi connectivity index (χ1) is 53.2. The van der Waals surface area contributed by atoms with Crippen LogP contribution >= 0.6 is 15.6 Å². The summed E-state index contributed by atoms with van der Waals surface area (Å²) in [7, 11) is -9.82. The molecule has 0 heterocycles. The third-order valence-corrected chi connectivity index (χ3v) is 19.6. The molecule has 624 valence electrons. The lowest BCUT2D eigenvalue weighted by molar-refractivity contribution is -0.161. The van der Waals surface area contributed by atoms with Gasteiger partial charge in [0.25, 0.3) is 0 Å². The number of ether oxygens (including phenoxy) is 3. The van der Waals surface area contributed by atoms with Gasteiger partial charge in [-0.1, -0.05) is 326 Å². The summed E-state index contributed by atoms with van der Waals surface area (Å²) in [5, 5.41) is 20.7. The van der Waals surface area contributed by atoms with E-state index in [1.807, 2.05) is 0 Å². The molecule has 0 bridgehead atoms. The normalized spacial score (nSPS) is 14.7. The van der Waals surface area contributed by atoms with Gasteiger partial charge in [-0.15, -0.1) is 0 Å². The lowest BCUT2D eigenvalue weighted by Crippen LogP contribution is -2.30. The number of hydrogen-bond acceptors (Lipinski definition) is 14. The van der Waals surface area contributed by atoms with E-state index in [0.29, 0.717) is 19.3 Å². The minimum absolute atomic E-state index is 0.0779. The molecular formula is C91H154O16P2. The standard InChI is InChI=1S/C91H154O16P2/c1-4-7-10-13-16-19-22-25-28-31-34-37-39-41-42-44-46-48-50-53-56-59-62-65-68-71-74-77-89(94)101-80-86(92)81-103-108(97,98)104-82-87(93)83-105-109(99,100)106-85-88(107-91(96)79-76-73-70-67-64-61-58-55-52-47-36-33-30-27-24-21-18-15-12-9-6-3)84-102-90(95)78-75-72-69-66-63-60-57-54-51-49-45-43-40-38-35-32-29-26-23-20-17-14-11-8-5-2/h7,10,16-21,25-30,34-38,41-43,45,47,55,58,86-88,92-93H,4-6,8-9,11-15,22-24,31-33,39-40,44,46,48-54,56-57,59-85H2,1-3H3,(H,97,98)(H,99,100)/b10-7-,19-16-,20-17-,21-18-,28-25-,29-26-,30-27-,37-34-,38-35-,42-41-,45-43-,47-36-,58-55-. The summed E-state index contributed by atoms with van der Waals surface area (Å²) < 4.78 is 61.3. The van der Waals surface area contributed by atoms with Crippen molar-refractivity contribution in [1.29, 1.82) is 0 Å².